The van der Waals surface area contributed by atoms with E-state index in [1.807, 2.05) is 121 Å². The summed E-state index contributed by atoms with van der Waals surface area (Å²) in [6.45, 7) is 13.4. The largest absolute Gasteiger partial charge is 0.491 e. The number of hydrogen-bond acceptors (Lipinski definition) is 16. The van der Waals surface area contributed by atoms with E-state index in [0.29, 0.717) is 67.0 Å². The van der Waals surface area contributed by atoms with Crippen molar-refractivity contribution >= 4 is 56.6 Å². The van der Waals surface area contributed by atoms with Crippen molar-refractivity contribution in [3.05, 3.63) is 117 Å². The molecule has 1 saturated heterocycles. The number of likely N-dealkylation sites (tertiary alicyclic amines) is 1. The molecule has 0 spiro atoms. The Morgan fingerprint density at radius 1 is 0.911 bits per heavy atom. The summed E-state index contributed by atoms with van der Waals surface area (Å²) >= 11 is 8.31. The fourth-order valence-corrected chi connectivity index (χ4v) is 10.5. The monoisotopic (exact) mass is 1140 g/mol. The maximum Gasteiger partial charge on any atom is 0.246 e. The highest BCUT2D eigenvalue weighted by Gasteiger charge is 2.45. The lowest BCUT2D eigenvalue weighted by molar-refractivity contribution is -0.144. The van der Waals surface area contributed by atoms with E-state index in [4.69, 9.17) is 30.5 Å². The number of thiazole rings is 1. The Morgan fingerprint density at radius 3 is 2.27 bits per heavy atom. The molecule has 0 saturated carbocycles. The number of benzene rings is 3. The fraction of sp³-hybridized carbons (Fsp3) is 0.491. The van der Waals surface area contributed by atoms with E-state index in [2.05, 4.69) is 36.4 Å². The summed E-state index contributed by atoms with van der Waals surface area (Å²) in [6.07, 6.45) is 4.50. The Bertz CT molecular complexity index is 3000. The van der Waals surface area contributed by atoms with Gasteiger partial charge in [0.25, 0.3) is 0 Å². The third-order valence-corrected chi connectivity index (χ3v) is 15.1. The van der Waals surface area contributed by atoms with Gasteiger partial charge in [-0.1, -0.05) is 82.6 Å². The van der Waals surface area contributed by atoms with Gasteiger partial charge < -0.3 is 44.5 Å². The molecule has 4 atom stereocenters. The van der Waals surface area contributed by atoms with E-state index >= 15 is 0 Å². The Kier molecular flexibility index (Phi) is 22.2. The van der Waals surface area contributed by atoms with Gasteiger partial charge in [0.05, 0.1) is 57.4 Å². The molecule has 19 nitrogen and oxygen atoms in total. The van der Waals surface area contributed by atoms with Gasteiger partial charge in [-0.25, -0.2) is 23.4 Å². The summed E-state index contributed by atoms with van der Waals surface area (Å²) in [4.78, 5) is 58.4. The topological polar surface area (TPSA) is 248 Å². The van der Waals surface area contributed by atoms with Gasteiger partial charge in [0.15, 0.2) is 5.75 Å². The van der Waals surface area contributed by atoms with Gasteiger partial charge in [0.1, 0.15) is 37.1 Å². The number of carbonyl (C=O) groups is 3. The number of carbonyl (C=O) groups excluding carboxylic acids is 3. The smallest absolute Gasteiger partial charge is 0.246 e. The summed E-state index contributed by atoms with van der Waals surface area (Å²) in [5, 5.41) is 27.2. The minimum atomic E-state index is -3.52. The van der Waals surface area contributed by atoms with Crippen LogP contribution in [0.4, 0.5) is 5.95 Å². The Hall–Kier alpha value is -6.25. The highest BCUT2D eigenvalue weighted by Crippen LogP contribution is 2.39. The summed E-state index contributed by atoms with van der Waals surface area (Å²) in [6, 6.07) is 20.7. The van der Waals surface area contributed by atoms with Crippen LogP contribution in [-0.4, -0.2) is 141 Å². The number of aryl methyl sites for hydroxylation is 1. The number of ether oxygens (including phenoxy) is 4. The second-order valence-corrected chi connectivity index (χ2v) is 24.5. The maximum absolute atomic E-state index is 14.2. The van der Waals surface area contributed by atoms with Crippen LogP contribution in [0.5, 0.6) is 11.5 Å². The van der Waals surface area contributed by atoms with Gasteiger partial charge in [0.2, 0.25) is 33.7 Å². The molecule has 0 radical (unpaired) electrons. The summed E-state index contributed by atoms with van der Waals surface area (Å²) in [5.74, 6) is -0.419. The highest BCUT2D eigenvalue weighted by atomic mass is 35.5. The lowest BCUT2D eigenvalue weighted by atomic mass is 9.77. The molecular weight excluding hydrogens is 1070 g/mol. The van der Waals surface area contributed by atoms with E-state index in [1.54, 1.807) is 23.5 Å². The average Bonchev–Trinajstić information content (AvgIpc) is 4.08. The summed E-state index contributed by atoms with van der Waals surface area (Å²) in [7, 11) is 0.323. The van der Waals surface area contributed by atoms with Gasteiger partial charge in [-0.15, -0.1) is 11.3 Å². The Balaban J connectivity index is 0.880. The number of likely N-dealkylation sites (N-methyl/N-ethyl adjacent to an activating group) is 1. The highest BCUT2D eigenvalue weighted by molar-refractivity contribution is 7.92. The molecule has 1 aliphatic heterocycles. The number of nitriles is 1. The van der Waals surface area contributed by atoms with Crippen LogP contribution in [0.15, 0.2) is 78.4 Å². The van der Waals surface area contributed by atoms with Crippen LogP contribution < -0.4 is 24.8 Å². The summed E-state index contributed by atoms with van der Waals surface area (Å²) < 4.78 is 48.7. The van der Waals surface area contributed by atoms with Crippen molar-refractivity contribution in [2.75, 3.05) is 71.2 Å². The molecule has 1 fully saturated rings. The Morgan fingerprint density at radius 2 is 1.61 bits per heavy atom. The molecule has 3 aromatic carbocycles. The van der Waals surface area contributed by atoms with Crippen LogP contribution in [0, 0.1) is 23.7 Å². The summed E-state index contributed by atoms with van der Waals surface area (Å²) in [5.41, 5.74) is 6.06. The second kappa shape index (κ2) is 28.3. The number of aromatic nitrogens is 3. The predicted octanol–water partition coefficient (Wildman–Crippen LogP) is 7.59. The number of nitrogens with zero attached hydrogens (tertiary/aromatic N) is 6. The molecule has 6 rings (SSSR count). The minimum absolute atomic E-state index is 0.0353. The number of unbranched alkanes of at least 4 members (excludes halogenated alkanes) is 2. The van der Waals surface area contributed by atoms with Crippen molar-refractivity contribution in [1.82, 2.24) is 35.4 Å². The van der Waals surface area contributed by atoms with Crippen molar-refractivity contribution in [2.24, 2.45) is 5.41 Å². The quantitative estimate of drug-likeness (QED) is 0.0352. The molecule has 3 heterocycles. The normalized spacial score (nSPS) is 15.6. The molecule has 1 aliphatic rings. The number of anilines is 1. The van der Waals surface area contributed by atoms with Gasteiger partial charge in [-0.05, 0) is 105 Å². The van der Waals surface area contributed by atoms with Gasteiger partial charge in [-0.2, -0.15) is 5.26 Å². The lowest BCUT2D eigenvalue weighted by Crippen LogP contribution is -2.58. The average molecular weight is 1140 g/mol. The van der Waals surface area contributed by atoms with Crippen molar-refractivity contribution < 1.29 is 46.9 Å². The van der Waals surface area contributed by atoms with Crippen molar-refractivity contribution in [2.45, 2.75) is 110 Å². The number of rotatable bonds is 28. The van der Waals surface area contributed by atoms with Crippen molar-refractivity contribution in [3.8, 4) is 28.0 Å². The molecule has 4 N–H and O–H groups in total. The van der Waals surface area contributed by atoms with Crippen LogP contribution in [0.3, 0.4) is 0 Å². The van der Waals surface area contributed by atoms with Gasteiger partial charge in [0, 0.05) is 50.9 Å². The third-order valence-electron chi connectivity index (χ3n) is 13.3. The predicted molar refractivity (Wildman–Crippen MR) is 304 cm³/mol. The number of β-amino-alcohol motifs (C(OH)–C–C–N with tert-alkyl or cyclic N) is 1. The van der Waals surface area contributed by atoms with Crippen molar-refractivity contribution in [3.63, 3.8) is 0 Å². The second-order valence-electron chi connectivity index (χ2n) is 21.5. The van der Waals surface area contributed by atoms with E-state index in [0.717, 1.165) is 51.9 Å². The first-order chi connectivity index (χ1) is 37.4. The van der Waals surface area contributed by atoms with E-state index in [9.17, 15) is 33.2 Å². The zero-order valence-electron chi connectivity index (χ0n) is 46.5. The van der Waals surface area contributed by atoms with Crippen molar-refractivity contribution in [1.29, 1.82) is 5.26 Å². The molecule has 0 aliphatic carbocycles. The molecule has 0 unspecified atom stereocenters. The van der Waals surface area contributed by atoms with Crippen LogP contribution >= 0.6 is 22.9 Å². The minimum Gasteiger partial charge on any atom is -0.491 e. The third kappa shape index (κ3) is 18.1. The van der Waals surface area contributed by atoms with Crippen LogP contribution in [0.2, 0.25) is 5.02 Å². The zero-order valence-corrected chi connectivity index (χ0v) is 48.9. The number of aliphatic hydroxyl groups is 1. The fourth-order valence-electron chi connectivity index (χ4n) is 8.99. The standard InChI is InChI=1S/C57H74ClN9O10S2/c1-37-51(78-36-61-37)39-16-14-38(15-17-39)47(33-66(7)8)63-53(70)48-30-44(68)32-67(48)54(71)52(56(2,3)4)64-49(69)35-75-26-13-25-74-24-11-10-12-27-76-50-40(31-59)28-42(29-46(50)58)57(5,6)41-18-20-45(21-19-41)77-34-43-22-23-60-55(62-43)65-79(9,72)73/h14-23,28-29,36,44,47-48,52,68H,10-13,24-27,30,32-35H2,1-9H3,(H,63,70)(H,64,69)(H,60,62,65)/t44-,47+,48-,52-/m1/s1. The number of sulfonamides is 1. The molecule has 2 aromatic heterocycles. The maximum atomic E-state index is 14.2. The first-order valence-electron chi connectivity index (χ1n) is 26.2. The molecule has 0 bridgehead atoms. The van der Waals surface area contributed by atoms with Gasteiger partial charge >= 0.3 is 0 Å². The molecule has 79 heavy (non-hydrogen) atoms. The Labute approximate surface area is 473 Å². The SMILES string of the molecule is Cc1ncsc1-c1ccc([C@H](CN(C)C)NC(=O)[C@H]2C[C@@H](O)CN2C(=O)[C@@H](NC(=O)COCCCOCCCCCOc2c(Cl)cc(C(C)(C)c3ccc(OCc4ccnc(NS(C)(=O)=O)n4)cc3)cc2C#N)C(C)(C)C)cc1. The lowest BCUT2D eigenvalue weighted by Gasteiger charge is -2.35. The number of aliphatic hydroxyl groups excluding tert-OH is 1. The van der Waals surface area contributed by atoms with Crippen LogP contribution in [-0.2, 0) is 45.9 Å². The van der Waals surface area contributed by atoms with E-state index in [1.165, 1.54) is 11.1 Å². The number of nitrogens with one attached hydrogen (secondary N) is 3. The van der Waals surface area contributed by atoms with Crippen LogP contribution in [0.1, 0.15) is 106 Å². The zero-order chi connectivity index (χ0) is 57.5. The first kappa shape index (κ1) is 62.0. The first-order valence-corrected chi connectivity index (χ1v) is 29.4. The van der Waals surface area contributed by atoms with E-state index in [-0.39, 0.29) is 44.6 Å². The molecule has 426 valence electrons. The van der Waals surface area contributed by atoms with Crippen LogP contribution in [0.25, 0.3) is 10.4 Å². The number of halogens is 1. The molecule has 3 amide bonds. The molecule has 22 heteroatoms. The number of amides is 3. The molecular formula is C57H74ClN9O10S2. The molecule has 5 aromatic rings. The van der Waals surface area contributed by atoms with E-state index < -0.39 is 56.9 Å². The van der Waals surface area contributed by atoms with Gasteiger partial charge in [-0.3, -0.25) is 19.1 Å². The number of hydrogen-bond donors (Lipinski definition) is 4.